The lowest BCUT2D eigenvalue weighted by molar-refractivity contribution is -0.134. The molecule has 2 fully saturated rings. The second kappa shape index (κ2) is 11.8. The van der Waals surface area contributed by atoms with E-state index in [1.165, 1.54) is 14.4 Å². The molecule has 2 aliphatic rings. The summed E-state index contributed by atoms with van der Waals surface area (Å²) in [7, 11) is 0. The number of nitrogens with two attached hydrogens (primary N) is 2. The fourth-order valence-corrected chi connectivity index (χ4v) is 4.71. The number of nitrogens with one attached hydrogen (secondary N) is 1. The van der Waals surface area contributed by atoms with Gasteiger partial charge < -0.3 is 26.4 Å². The Kier molecular flexibility index (Phi) is 8.54. The Morgan fingerprint density at radius 2 is 1.78 bits per heavy atom. The van der Waals surface area contributed by atoms with Gasteiger partial charge in [-0.05, 0) is 42.6 Å². The van der Waals surface area contributed by atoms with Crippen LogP contribution in [0.1, 0.15) is 18.9 Å². The summed E-state index contributed by atoms with van der Waals surface area (Å²) in [6.07, 6.45) is 2.58. The normalized spacial score (nSPS) is 21.5. The topological polar surface area (TPSA) is 163 Å². The number of carbonyl (C=O) groups is 2. The van der Waals surface area contributed by atoms with Crippen molar-refractivity contribution < 1.29 is 14.7 Å². The number of nitrogens with zero attached hydrogens (tertiary/aromatic N) is 5. The summed E-state index contributed by atoms with van der Waals surface area (Å²) in [5, 5.41) is 11.7. The predicted molar refractivity (Wildman–Crippen MR) is 139 cm³/mol. The summed E-state index contributed by atoms with van der Waals surface area (Å²) in [5.41, 5.74) is 13.1. The summed E-state index contributed by atoms with van der Waals surface area (Å²) in [6.45, 7) is 5.81. The van der Waals surface area contributed by atoms with Crippen molar-refractivity contribution in [3.05, 3.63) is 52.6 Å². The van der Waals surface area contributed by atoms with Crippen molar-refractivity contribution in [2.45, 2.75) is 32.0 Å². The molecule has 0 spiro atoms. The molecule has 12 heteroatoms. The lowest BCUT2D eigenvalue weighted by atomic mass is 9.94. The molecule has 2 unspecified atom stereocenters. The third kappa shape index (κ3) is 6.52. The molecule has 2 aliphatic heterocycles. The molecule has 0 aliphatic carbocycles. The number of benzene rings is 1. The number of carbonyl (C=O) groups excluding carboxylic acids is 2. The highest BCUT2D eigenvalue weighted by Gasteiger charge is 2.27. The molecule has 2 saturated heterocycles. The molecule has 0 saturated carbocycles. The second-order valence-corrected chi connectivity index (χ2v) is 9.83. The van der Waals surface area contributed by atoms with Gasteiger partial charge in [-0.15, -0.1) is 0 Å². The minimum absolute atomic E-state index is 0.154. The van der Waals surface area contributed by atoms with Gasteiger partial charge in [0.1, 0.15) is 11.9 Å². The molecule has 37 heavy (non-hydrogen) atoms. The number of anilines is 1. The molecule has 4 rings (SSSR count). The molecule has 0 bridgehead atoms. The minimum Gasteiger partial charge on any atom is -0.394 e. The van der Waals surface area contributed by atoms with Gasteiger partial charge in [-0.3, -0.25) is 19.6 Å². The Labute approximate surface area is 215 Å². The molecule has 1 aromatic carbocycles. The molecule has 200 valence electrons. The fraction of sp³-hybridized carbons (Fsp3) is 0.520. The second-order valence-electron chi connectivity index (χ2n) is 9.83. The van der Waals surface area contributed by atoms with Crippen molar-refractivity contribution in [1.82, 2.24) is 24.3 Å². The van der Waals surface area contributed by atoms with Crippen LogP contribution in [0, 0.1) is 5.92 Å². The number of piperazine rings is 1. The van der Waals surface area contributed by atoms with E-state index in [0.717, 1.165) is 31.6 Å². The molecule has 12 nitrogen and oxygen atoms in total. The van der Waals surface area contributed by atoms with Gasteiger partial charge in [0.25, 0.3) is 0 Å². The number of aromatic nitrogens is 2. The van der Waals surface area contributed by atoms with Crippen LogP contribution < -0.4 is 22.5 Å². The van der Waals surface area contributed by atoms with Gasteiger partial charge in [-0.1, -0.05) is 19.1 Å². The molecule has 3 atom stereocenters. The highest BCUT2D eigenvalue weighted by molar-refractivity contribution is 5.88. The van der Waals surface area contributed by atoms with Crippen LogP contribution in [0.3, 0.4) is 0 Å². The number of hydrogen-bond donors (Lipinski definition) is 4. The predicted octanol–water partition coefficient (Wildman–Crippen LogP) is -0.603. The van der Waals surface area contributed by atoms with Crippen LogP contribution >= 0.6 is 0 Å². The van der Waals surface area contributed by atoms with Crippen LogP contribution in [0.5, 0.6) is 0 Å². The zero-order valence-corrected chi connectivity index (χ0v) is 21.1. The summed E-state index contributed by atoms with van der Waals surface area (Å²) >= 11 is 0. The van der Waals surface area contributed by atoms with E-state index in [4.69, 9.17) is 16.6 Å². The molecule has 3 amide bonds. The number of amides is 3. The number of aliphatic hydroxyl groups excluding tert-OH is 1. The maximum Gasteiger partial charge on any atom is 0.354 e. The summed E-state index contributed by atoms with van der Waals surface area (Å²) in [6, 6.07) is 8.28. The van der Waals surface area contributed by atoms with Crippen molar-refractivity contribution in [1.29, 1.82) is 0 Å². The maximum absolute atomic E-state index is 12.7. The van der Waals surface area contributed by atoms with E-state index in [1.54, 1.807) is 12.3 Å². The highest BCUT2D eigenvalue weighted by Crippen LogP contribution is 2.18. The van der Waals surface area contributed by atoms with Crippen LogP contribution in [0.4, 0.5) is 10.6 Å². The number of rotatable bonds is 6. The number of hydrogen-bond acceptors (Lipinski definition) is 8. The molecule has 1 aromatic heterocycles. The highest BCUT2D eigenvalue weighted by atomic mass is 16.3. The Balaban J connectivity index is 1.32. The molecule has 6 N–H and O–H groups in total. The Bertz CT molecular complexity index is 1150. The fourth-order valence-electron chi connectivity index (χ4n) is 4.71. The SMILES string of the molecule is C[C@@H]1CN(Cc2ccc(-n3ccc(NC(=O)N4CCN(C(=O)C(N)CO)CC4)nc3=O)cc2)CCC1N. The lowest BCUT2D eigenvalue weighted by Gasteiger charge is -2.35. The first-order valence-corrected chi connectivity index (χ1v) is 12.6. The Morgan fingerprint density at radius 3 is 2.41 bits per heavy atom. The van der Waals surface area contributed by atoms with Gasteiger partial charge in [0.05, 0.1) is 12.3 Å². The van der Waals surface area contributed by atoms with Crippen molar-refractivity contribution in [2.75, 3.05) is 51.2 Å². The van der Waals surface area contributed by atoms with E-state index in [0.29, 0.717) is 37.8 Å². The van der Waals surface area contributed by atoms with Crippen molar-refractivity contribution in [3.8, 4) is 5.69 Å². The molecular formula is C25H36N8O4. The molecule has 0 radical (unpaired) electrons. The average molecular weight is 513 g/mol. The third-order valence-electron chi connectivity index (χ3n) is 7.11. The smallest absolute Gasteiger partial charge is 0.354 e. The number of aliphatic hydroxyl groups is 1. The largest absolute Gasteiger partial charge is 0.394 e. The zero-order valence-electron chi connectivity index (χ0n) is 21.1. The first-order chi connectivity index (χ1) is 17.7. The summed E-state index contributed by atoms with van der Waals surface area (Å²) < 4.78 is 1.43. The van der Waals surface area contributed by atoms with Gasteiger partial charge in [-0.2, -0.15) is 4.98 Å². The average Bonchev–Trinajstić information content (AvgIpc) is 2.90. The molecule has 2 aromatic rings. The van der Waals surface area contributed by atoms with Gasteiger partial charge in [0, 0.05) is 51.5 Å². The monoisotopic (exact) mass is 512 g/mol. The number of likely N-dealkylation sites (tertiary alicyclic amines) is 1. The quantitative estimate of drug-likeness (QED) is 0.399. The van der Waals surface area contributed by atoms with Gasteiger partial charge >= 0.3 is 11.7 Å². The first-order valence-electron chi connectivity index (χ1n) is 12.6. The zero-order chi connectivity index (χ0) is 26.5. The van der Waals surface area contributed by atoms with Gasteiger partial charge in [-0.25, -0.2) is 9.59 Å². The van der Waals surface area contributed by atoms with E-state index >= 15 is 0 Å². The van der Waals surface area contributed by atoms with Crippen LogP contribution in [0.25, 0.3) is 5.69 Å². The van der Waals surface area contributed by atoms with Crippen molar-refractivity contribution in [3.63, 3.8) is 0 Å². The van der Waals surface area contributed by atoms with E-state index in [1.807, 2.05) is 24.3 Å². The maximum atomic E-state index is 12.7. The minimum atomic E-state index is -0.954. The van der Waals surface area contributed by atoms with Crippen LogP contribution in [0.2, 0.25) is 0 Å². The Morgan fingerprint density at radius 1 is 1.11 bits per heavy atom. The number of piperidine rings is 1. The van der Waals surface area contributed by atoms with E-state index in [9.17, 15) is 14.4 Å². The van der Waals surface area contributed by atoms with E-state index in [-0.39, 0.29) is 17.8 Å². The van der Waals surface area contributed by atoms with Crippen LogP contribution in [-0.2, 0) is 11.3 Å². The van der Waals surface area contributed by atoms with Crippen LogP contribution in [0.15, 0.2) is 41.3 Å². The van der Waals surface area contributed by atoms with Gasteiger partial charge in [0.2, 0.25) is 5.91 Å². The lowest BCUT2D eigenvalue weighted by Crippen LogP contribution is -2.55. The van der Waals surface area contributed by atoms with E-state index < -0.39 is 24.4 Å². The van der Waals surface area contributed by atoms with Crippen molar-refractivity contribution >= 4 is 17.8 Å². The van der Waals surface area contributed by atoms with E-state index in [2.05, 4.69) is 22.1 Å². The number of urea groups is 1. The summed E-state index contributed by atoms with van der Waals surface area (Å²) in [4.78, 5) is 46.9. The van der Waals surface area contributed by atoms with Crippen LogP contribution in [-0.4, -0.2) is 99.3 Å². The standard InChI is InChI=1S/C25H36N8O4/c1-17-14-30(8-6-20(17)26)15-18-2-4-19(5-3-18)33-9-7-22(29-25(33)37)28-24(36)32-12-10-31(11-13-32)23(35)21(27)16-34/h2-5,7,9,17,20-21,34H,6,8,10-16,26-27H2,1H3,(H,28,29,36,37)/t17-,20?,21?/m1/s1. The molecule has 3 heterocycles. The first kappa shape index (κ1) is 26.7. The Hall–Kier alpha value is -3.32. The third-order valence-corrected chi connectivity index (χ3v) is 7.11. The van der Waals surface area contributed by atoms with Gasteiger partial charge in [0.15, 0.2) is 0 Å². The molecular weight excluding hydrogens is 476 g/mol. The van der Waals surface area contributed by atoms with Crippen molar-refractivity contribution in [2.24, 2.45) is 17.4 Å². The summed E-state index contributed by atoms with van der Waals surface area (Å²) in [5.74, 6) is 0.286.